The van der Waals surface area contributed by atoms with Crippen LogP contribution in [-0.2, 0) is 20.7 Å². The van der Waals surface area contributed by atoms with Crippen LogP contribution in [0.4, 0.5) is 4.79 Å². The van der Waals surface area contributed by atoms with E-state index in [9.17, 15) is 19.5 Å². The molecule has 0 aliphatic carbocycles. The van der Waals surface area contributed by atoms with Gasteiger partial charge in [-0.15, -0.1) is 0 Å². The molecule has 0 heterocycles. The lowest BCUT2D eigenvalue weighted by Gasteiger charge is -2.38. The maximum atomic E-state index is 14.4. The fourth-order valence-corrected chi connectivity index (χ4v) is 4.29. The summed E-state index contributed by atoms with van der Waals surface area (Å²) in [6.45, 7) is 11.6. The van der Waals surface area contributed by atoms with Crippen molar-refractivity contribution in [2.24, 2.45) is 0 Å². The molecule has 0 radical (unpaired) electrons. The first-order valence-corrected chi connectivity index (χ1v) is 13.9. The summed E-state index contributed by atoms with van der Waals surface area (Å²) in [6.07, 6.45) is 2.83. The van der Waals surface area contributed by atoms with Crippen molar-refractivity contribution >= 4 is 17.9 Å². The Morgan fingerprint density at radius 3 is 2.21 bits per heavy atom. The quantitative estimate of drug-likeness (QED) is 0.291. The number of hydrogen-bond acceptors (Lipinski definition) is 5. The van der Waals surface area contributed by atoms with Gasteiger partial charge in [0.1, 0.15) is 23.4 Å². The molecule has 0 aliphatic rings. The normalized spacial score (nSPS) is 13.6. The number of rotatable bonds is 13. The summed E-state index contributed by atoms with van der Waals surface area (Å²) >= 11 is 0. The smallest absolute Gasteiger partial charge is 0.408 e. The highest BCUT2D eigenvalue weighted by atomic mass is 16.6. The minimum Gasteiger partial charge on any atom is -0.508 e. The van der Waals surface area contributed by atoms with Gasteiger partial charge < -0.3 is 25.4 Å². The zero-order valence-corrected chi connectivity index (χ0v) is 24.2. The number of nitrogens with zero attached hydrogens (tertiary/aromatic N) is 1. The van der Waals surface area contributed by atoms with Gasteiger partial charge in [-0.1, -0.05) is 75.2 Å². The number of phenolic OH excluding ortho intramolecular Hbond substituents is 1. The third-order valence-electron chi connectivity index (χ3n) is 6.43. The van der Waals surface area contributed by atoms with Crippen LogP contribution in [0.3, 0.4) is 0 Å². The van der Waals surface area contributed by atoms with Crippen molar-refractivity contribution in [3.05, 3.63) is 65.7 Å². The maximum Gasteiger partial charge on any atom is 0.408 e. The van der Waals surface area contributed by atoms with Crippen LogP contribution in [0.2, 0.25) is 0 Å². The van der Waals surface area contributed by atoms with E-state index in [-0.39, 0.29) is 24.1 Å². The van der Waals surface area contributed by atoms with Gasteiger partial charge in [0.05, 0.1) is 0 Å². The largest absolute Gasteiger partial charge is 0.508 e. The van der Waals surface area contributed by atoms with E-state index in [4.69, 9.17) is 4.74 Å². The predicted octanol–water partition coefficient (Wildman–Crippen LogP) is 5.50. The Hall–Kier alpha value is -3.55. The van der Waals surface area contributed by atoms with Crippen LogP contribution < -0.4 is 10.6 Å². The van der Waals surface area contributed by atoms with Crippen LogP contribution in [0.1, 0.15) is 84.4 Å². The third kappa shape index (κ3) is 9.93. The van der Waals surface area contributed by atoms with E-state index in [1.807, 2.05) is 44.2 Å². The van der Waals surface area contributed by atoms with Gasteiger partial charge in [0.15, 0.2) is 0 Å². The molecule has 0 bridgehead atoms. The number of ether oxygens (including phenoxy) is 1. The number of benzene rings is 2. The van der Waals surface area contributed by atoms with Crippen LogP contribution in [0.15, 0.2) is 54.6 Å². The first-order chi connectivity index (χ1) is 18.5. The van der Waals surface area contributed by atoms with E-state index < -0.39 is 29.7 Å². The number of hydrogen-bond donors (Lipinski definition) is 3. The van der Waals surface area contributed by atoms with Crippen molar-refractivity contribution in [2.75, 3.05) is 6.54 Å². The average Bonchev–Trinajstić information content (AvgIpc) is 2.88. The summed E-state index contributed by atoms with van der Waals surface area (Å²) < 4.78 is 5.47. The summed E-state index contributed by atoms with van der Waals surface area (Å²) in [5.74, 6) is -0.889. The lowest BCUT2D eigenvalue weighted by molar-refractivity contribution is -0.145. The SMILES string of the molecule is CCCCCNC(=O)C(c1ccccc1O)N(C(=O)C(Cc1ccccc1)NC(=O)OC(C)(C)C)C(C)CC. The van der Waals surface area contributed by atoms with Crippen molar-refractivity contribution < 1.29 is 24.2 Å². The summed E-state index contributed by atoms with van der Waals surface area (Å²) in [6, 6.07) is 13.5. The molecule has 8 nitrogen and oxygen atoms in total. The molecule has 0 spiro atoms. The molecular weight excluding hydrogens is 494 g/mol. The first kappa shape index (κ1) is 31.7. The van der Waals surface area contributed by atoms with Crippen molar-refractivity contribution in [1.29, 1.82) is 0 Å². The zero-order valence-electron chi connectivity index (χ0n) is 24.2. The maximum absolute atomic E-state index is 14.4. The van der Waals surface area contributed by atoms with E-state index in [2.05, 4.69) is 17.6 Å². The molecule has 214 valence electrons. The number of alkyl carbamates (subject to hydrolysis) is 1. The molecule has 0 aliphatic heterocycles. The van der Waals surface area contributed by atoms with Gasteiger partial charge in [0.25, 0.3) is 0 Å². The summed E-state index contributed by atoms with van der Waals surface area (Å²) in [5.41, 5.74) is 0.423. The Bertz CT molecular complexity index is 1070. The average molecular weight is 540 g/mol. The molecule has 0 fully saturated rings. The van der Waals surface area contributed by atoms with E-state index in [0.29, 0.717) is 18.5 Å². The van der Waals surface area contributed by atoms with Gasteiger partial charge in [0.2, 0.25) is 11.8 Å². The highest BCUT2D eigenvalue weighted by Crippen LogP contribution is 2.32. The lowest BCUT2D eigenvalue weighted by Crippen LogP contribution is -2.56. The topological polar surface area (TPSA) is 108 Å². The number of carbonyl (C=O) groups excluding carboxylic acids is 3. The third-order valence-corrected chi connectivity index (χ3v) is 6.43. The van der Waals surface area contributed by atoms with Crippen molar-refractivity contribution in [3.8, 4) is 5.75 Å². The van der Waals surface area contributed by atoms with Gasteiger partial charge in [-0.05, 0) is 52.2 Å². The number of amides is 3. The second-order valence-electron chi connectivity index (χ2n) is 10.9. The Morgan fingerprint density at radius 2 is 1.62 bits per heavy atom. The Morgan fingerprint density at radius 1 is 0.974 bits per heavy atom. The van der Waals surface area contributed by atoms with E-state index in [0.717, 1.165) is 24.8 Å². The summed E-state index contributed by atoms with van der Waals surface area (Å²) in [7, 11) is 0. The van der Waals surface area contributed by atoms with E-state index >= 15 is 0 Å². The molecule has 8 heteroatoms. The standard InChI is InChI=1S/C31H45N3O5/c1-7-9-15-20-32-28(36)27(24-18-13-14-19-26(24)35)34(22(3)8-2)29(37)25(21-23-16-11-10-12-17-23)33-30(38)39-31(4,5)6/h10-14,16-19,22,25,27,35H,7-9,15,20-21H2,1-6H3,(H,32,36)(H,33,38). The van der Waals surface area contributed by atoms with Crippen LogP contribution >= 0.6 is 0 Å². The highest BCUT2D eigenvalue weighted by Gasteiger charge is 2.39. The monoisotopic (exact) mass is 539 g/mol. The number of aromatic hydroxyl groups is 1. The fourth-order valence-electron chi connectivity index (χ4n) is 4.29. The van der Waals surface area contributed by atoms with Crippen molar-refractivity contribution in [3.63, 3.8) is 0 Å². The molecule has 39 heavy (non-hydrogen) atoms. The predicted molar refractivity (Wildman–Crippen MR) is 153 cm³/mol. The van der Waals surface area contributed by atoms with Gasteiger partial charge in [-0.2, -0.15) is 0 Å². The minimum atomic E-state index is -1.09. The number of carbonyl (C=O) groups is 3. The minimum absolute atomic E-state index is 0.0768. The van der Waals surface area contributed by atoms with Crippen LogP contribution in [0.25, 0.3) is 0 Å². The van der Waals surface area contributed by atoms with E-state index in [1.54, 1.807) is 39.0 Å². The molecule has 3 N–H and O–H groups in total. The van der Waals surface area contributed by atoms with Crippen molar-refractivity contribution in [2.45, 2.75) is 97.4 Å². The van der Waals surface area contributed by atoms with Crippen LogP contribution in [-0.4, -0.2) is 52.1 Å². The van der Waals surface area contributed by atoms with Crippen LogP contribution in [0.5, 0.6) is 5.75 Å². The molecule has 3 atom stereocenters. The fraction of sp³-hybridized carbons (Fsp3) is 0.516. The number of para-hydroxylation sites is 1. The second-order valence-corrected chi connectivity index (χ2v) is 10.9. The Balaban J connectivity index is 2.53. The Labute approximate surface area is 233 Å². The second kappa shape index (κ2) is 15.1. The highest BCUT2D eigenvalue weighted by molar-refractivity contribution is 5.93. The number of phenols is 1. The van der Waals surface area contributed by atoms with Gasteiger partial charge in [0, 0.05) is 24.6 Å². The van der Waals surface area contributed by atoms with E-state index in [1.165, 1.54) is 11.0 Å². The zero-order chi connectivity index (χ0) is 29.0. The van der Waals surface area contributed by atoms with Crippen molar-refractivity contribution in [1.82, 2.24) is 15.5 Å². The molecular formula is C31H45N3O5. The molecule has 0 saturated heterocycles. The van der Waals surface area contributed by atoms with Gasteiger partial charge in [-0.25, -0.2) is 4.79 Å². The molecule has 0 saturated carbocycles. The van der Waals surface area contributed by atoms with Crippen LogP contribution in [0, 0.1) is 0 Å². The molecule has 2 rings (SSSR count). The summed E-state index contributed by atoms with van der Waals surface area (Å²) in [4.78, 5) is 42.4. The molecule has 3 unspecified atom stereocenters. The summed E-state index contributed by atoms with van der Waals surface area (Å²) in [5, 5.41) is 16.5. The van der Waals surface area contributed by atoms with Gasteiger partial charge in [-0.3, -0.25) is 9.59 Å². The lowest BCUT2D eigenvalue weighted by atomic mass is 9.97. The number of unbranched alkanes of at least 4 members (excludes halogenated alkanes) is 2. The Kier molecular flexibility index (Phi) is 12.3. The molecule has 3 amide bonds. The molecule has 2 aromatic carbocycles. The molecule has 0 aromatic heterocycles. The molecule has 2 aromatic rings. The number of nitrogens with one attached hydrogen (secondary N) is 2. The van der Waals surface area contributed by atoms with Gasteiger partial charge >= 0.3 is 6.09 Å². The first-order valence-electron chi connectivity index (χ1n) is 13.9.